The molecule has 0 radical (unpaired) electrons. The third-order valence-electron chi connectivity index (χ3n) is 4.74. The lowest BCUT2D eigenvalue weighted by Gasteiger charge is -2.15. The minimum absolute atomic E-state index is 0.144. The minimum Gasteiger partial charge on any atom is -0.496 e. The van der Waals surface area contributed by atoms with E-state index in [2.05, 4.69) is 29.3 Å². The van der Waals surface area contributed by atoms with E-state index >= 15 is 0 Å². The molecule has 1 amide bonds. The Morgan fingerprint density at radius 3 is 2.57 bits per heavy atom. The predicted octanol–water partition coefficient (Wildman–Crippen LogP) is 4.51. The van der Waals surface area contributed by atoms with Crippen LogP contribution >= 0.6 is 0 Å². The van der Waals surface area contributed by atoms with Gasteiger partial charge in [0.1, 0.15) is 11.5 Å². The fraction of sp³-hybridized carbons (Fsp3) is 0.348. The Labute approximate surface area is 176 Å². The first-order valence-electron chi connectivity index (χ1n) is 9.95. The fourth-order valence-electron chi connectivity index (χ4n) is 3.13. The molecule has 0 atom stereocenters. The number of aryl methyl sites for hydroxylation is 1. The van der Waals surface area contributed by atoms with Crippen LogP contribution in [0.5, 0.6) is 11.5 Å². The summed E-state index contributed by atoms with van der Waals surface area (Å²) in [5.74, 6) is 2.41. The van der Waals surface area contributed by atoms with E-state index in [-0.39, 0.29) is 18.4 Å². The Morgan fingerprint density at radius 2 is 1.93 bits per heavy atom. The number of hydrogen-bond donors (Lipinski definition) is 1. The molecule has 1 N–H and O–H groups in total. The van der Waals surface area contributed by atoms with Crippen LogP contribution in [0.3, 0.4) is 0 Å². The van der Waals surface area contributed by atoms with E-state index in [1.54, 1.807) is 7.11 Å². The quantitative estimate of drug-likeness (QED) is 0.589. The summed E-state index contributed by atoms with van der Waals surface area (Å²) >= 11 is 0. The molecule has 0 spiro atoms. The van der Waals surface area contributed by atoms with Gasteiger partial charge in [0.05, 0.1) is 20.3 Å². The zero-order valence-electron chi connectivity index (χ0n) is 18.0. The van der Waals surface area contributed by atoms with Gasteiger partial charge in [0, 0.05) is 11.1 Å². The Bertz CT molecular complexity index is 1010. The van der Waals surface area contributed by atoms with Crippen LogP contribution in [-0.4, -0.2) is 29.8 Å². The second-order valence-electron chi connectivity index (χ2n) is 7.22. The molecule has 0 saturated heterocycles. The van der Waals surface area contributed by atoms with Crippen molar-refractivity contribution in [3.05, 3.63) is 59.0 Å². The molecule has 0 aliphatic heterocycles. The number of benzene rings is 2. The monoisotopic (exact) mass is 409 g/mol. The maximum absolute atomic E-state index is 12.7. The van der Waals surface area contributed by atoms with Crippen molar-refractivity contribution in [2.75, 3.05) is 13.7 Å². The first-order valence-corrected chi connectivity index (χ1v) is 9.95. The largest absolute Gasteiger partial charge is 0.496 e. The molecule has 7 nitrogen and oxygen atoms in total. The summed E-state index contributed by atoms with van der Waals surface area (Å²) in [6.45, 7) is 8.71. The van der Waals surface area contributed by atoms with Gasteiger partial charge in [-0.2, -0.15) is 4.98 Å². The van der Waals surface area contributed by atoms with Crippen molar-refractivity contribution in [1.82, 2.24) is 15.5 Å². The number of hydrogen-bond acceptors (Lipinski definition) is 6. The molecule has 158 valence electrons. The van der Waals surface area contributed by atoms with E-state index in [1.165, 1.54) is 0 Å². The van der Waals surface area contributed by atoms with Crippen LogP contribution in [0, 0.1) is 6.92 Å². The molecule has 0 saturated carbocycles. The van der Waals surface area contributed by atoms with Gasteiger partial charge >= 0.3 is 0 Å². The minimum atomic E-state index is -0.196. The molecule has 1 aromatic heterocycles. The zero-order valence-corrected chi connectivity index (χ0v) is 18.0. The van der Waals surface area contributed by atoms with Crippen LogP contribution in [0.1, 0.15) is 54.1 Å². The lowest BCUT2D eigenvalue weighted by atomic mass is 9.96. The highest BCUT2D eigenvalue weighted by molar-refractivity contribution is 5.96. The predicted molar refractivity (Wildman–Crippen MR) is 114 cm³/mol. The van der Waals surface area contributed by atoms with Crippen LogP contribution < -0.4 is 14.8 Å². The summed E-state index contributed by atoms with van der Waals surface area (Å²) in [5, 5.41) is 6.85. The van der Waals surface area contributed by atoms with E-state index in [0.29, 0.717) is 23.9 Å². The number of ether oxygens (including phenoxy) is 2. The van der Waals surface area contributed by atoms with Gasteiger partial charge in [-0.3, -0.25) is 4.79 Å². The normalized spacial score (nSPS) is 10.9. The number of carbonyl (C=O) groups is 1. The van der Waals surface area contributed by atoms with Crippen molar-refractivity contribution in [3.8, 4) is 22.9 Å². The maximum Gasteiger partial charge on any atom is 0.251 e. The highest BCUT2D eigenvalue weighted by atomic mass is 16.5. The third-order valence-corrected chi connectivity index (χ3v) is 4.74. The molecule has 7 heteroatoms. The number of methoxy groups -OCH3 is 1. The van der Waals surface area contributed by atoms with Crippen molar-refractivity contribution in [2.45, 2.75) is 40.2 Å². The molecule has 30 heavy (non-hydrogen) atoms. The molecule has 0 bridgehead atoms. The maximum atomic E-state index is 12.7. The van der Waals surface area contributed by atoms with E-state index in [1.807, 2.05) is 50.2 Å². The van der Waals surface area contributed by atoms with Gasteiger partial charge in [-0.1, -0.05) is 19.0 Å². The standard InChI is InChI=1S/C23H27N3O4/c1-6-29-17-9-7-16(8-10-17)22-25-21(30-26-22)13-24-23(27)19-12-18(14(2)3)20(28-5)11-15(19)4/h7-12,14H,6,13H2,1-5H3,(H,24,27). The zero-order chi connectivity index (χ0) is 21.7. The van der Waals surface area contributed by atoms with Gasteiger partial charge < -0.3 is 19.3 Å². The van der Waals surface area contributed by atoms with Crippen LogP contribution in [0.4, 0.5) is 0 Å². The second-order valence-corrected chi connectivity index (χ2v) is 7.22. The molecule has 0 aliphatic carbocycles. The van der Waals surface area contributed by atoms with E-state index in [0.717, 1.165) is 28.2 Å². The molecule has 2 aromatic carbocycles. The van der Waals surface area contributed by atoms with Crippen molar-refractivity contribution >= 4 is 5.91 Å². The number of carbonyl (C=O) groups excluding carboxylic acids is 1. The lowest BCUT2D eigenvalue weighted by molar-refractivity contribution is 0.0945. The molecule has 0 fully saturated rings. The number of aromatic nitrogens is 2. The second kappa shape index (κ2) is 9.43. The molecule has 0 unspecified atom stereocenters. The lowest BCUT2D eigenvalue weighted by Crippen LogP contribution is -2.24. The number of nitrogens with zero attached hydrogens (tertiary/aromatic N) is 2. The molecule has 0 aliphatic rings. The summed E-state index contributed by atoms with van der Waals surface area (Å²) in [4.78, 5) is 17.1. The van der Waals surface area contributed by atoms with Crippen LogP contribution in [-0.2, 0) is 6.54 Å². The SMILES string of the molecule is CCOc1ccc(-c2noc(CNC(=O)c3cc(C(C)C)c(OC)cc3C)n2)cc1. The number of rotatable bonds is 8. The van der Waals surface area contributed by atoms with Gasteiger partial charge in [-0.25, -0.2) is 0 Å². The molecular formula is C23H27N3O4. The summed E-state index contributed by atoms with van der Waals surface area (Å²) < 4.78 is 16.2. The van der Waals surface area contributed by atoms with Crippen LogP contribution in [0.15, 0.2) is 40.9 Å². The Hall–Kier alpha value is -3.35. The van der Waals surface area contributed by atoms with E-state index < -0.39 is 0 Å². The van der Waals surface area contributed by atoms with E-state index in [4.69, 9.17) is 14.0 Å². The summed E-state index contributed by atoms with van der Waals surface area (Å²) in [5.41, 5.74) is 3.25. The summed E-state index contributed by atoms with van der Waals surface area (Å²) in [6.07, 6.45) is 0. The Morgan fingerprint density at radius 1 is 1.20 bits per heavy atom. The van der Waals surface area contributed by atoms with Gasteiger partial charge in [-0.15, -0.1) is 0 Å². The van der Waals surface area contributed by atoms with Gasteiger partial charge in [0.25, 0.3) is 5.91 Å². The van der Waals surface area contributed by atoms with Gasteiger partial charge in [0.2, 0.25) is 11.7 Å². The molecule has 3 rings (SSSR count). The summed E-state index contributed by atoms with van der Waals surface area (Å²) in [6, 6.07) is 11.2. The Balaban J connectivity index is 1.69. The van der Waals surface area contributed by atoms with Gasteiger partial charge in [0.15, 0.2) is 0 Å². The van der Waals surface area contributed by atoms with Crippen molar-refractivity contribution in [2.24, 2.45) is 0 Å². The average Bonchev–Trinajstić information content (AvgIpc) is 3.21. The van der Waals surface area contributed by atoms with Crippen molar-refractivity contribution in [3.63, 3.8) is 0 Å². The average molecular weight is 409 g/mol. The number of nitrogens with one attached hydrogen (secondary N) is 1. The molecule has 1 heterocycles. The van der Waals surface area contributed by atoms with Crippen LogP contribution in [0.25, 0.3) is 11.4 Å². The number of amides is 1. The first kappa shape index (κ1) is 21.4. The smallest absolute Gasteiger partial charge is 0.251 e. The molecule has 3 aromatic rings. The highest BCUT2D eigenvalue weighted by Crippen LogP contribution is 2.29. The topological polar surface area (TPSA) is 86.5 Å². The van der Waals surface area contributed by atoms with Crippen molar-refractivity contribution < 1.29 is 18.8 Å². The van der Waals surface area contributed by atoms with E-state index in [9.17, 15) is 4.79 Å². The highest BCUT2D eigenvalue weighted by Gasteiger charge is 2.17. The molecular weight excluding hydrogens is 382 g/mol. The first-order chi connectivity index (χ1) is 14.4. The fourth-order valence-corrected chi connectivity index (χ4v) is 3.13. The Kier molecular flexibility index (Phi) is 6.72. The summed E-state index contributed by atoms with van der Waals surface area (Å²) in [7, 11) is 1.64. The van der Waals surface area contributed by atoms with Crippen LogP contribution in [0.2, 0.25) is 0 Å². The van der Waals surface area contributed by atoms with Crippen molar-refractivity contribution in [1.29, 1.82) is 0 Å². The third kappa shape index (κ3) is 4.79. The van der Waals surface area contributed by atoms with Gasteiger partial charge in [-0.05, 0) is 67.3 Å².